The summed E-state index contributed by atoms with van der Waals surface area (Å²) in [6, 6.07) is 7.60. The number of hydrogen-bond donors (Lipinski definition) is 1. The van der Waals surface area contributed by atoms with Gasteiger partial charge in [-0.05, 0) is 36.1 Å². The Morgan fingerprint density at radius 2 is 2.06 bits per heavy atom. The van der Waals surface area contributed by atoms with E-state index in [0.29, 0.717) is 11.4 Å². The minimum absolute atomic E-state index is 0.169. The van der Waals surface area contributed by atoms with E-state index >= 15 is 0 Å². The lowest BCUT2D eigenvalue weighted by molar-refractivity contribution is 0.720. The van der Waals surface area contributed by atoms with Gasteiger partial charge in [0.2, 0.25) is 0 Å². The summed E-state index contributed by atoms with van der Waals surface area (Å²) in [6.45, 7) is 1.97. The molecule has 0 fully saturated rings. The number of pyridine rings is 1. The molecule has 1 unspecified atom stereocenters. The largest absolute Gasteiger partial charge is 0.324 e. The maximum Gasteiger partial charge on any atom is 0.0622 e. The van der Waals surface area contributed by atoms with Gasteiger partial charge >= 0.3 is 0 Å². The maximum atomic E-state index is 6.27. The SMILES string of the molecule is Cc1cccc(C(N)Cc2ccncc2Cl)c1Cl. The molecule has 1 aromatic heterocycles. The van der Waals surface area contributed by atoms with Gasteiger partial charge in [-0.1, -0.05) is 41.4 Å². The Morgan fingerprint density at radius 3 is 2.78 bits per heavy atom. The van der Waals surface area contributed by atoms with Gasteiger partial charge in [0.05, 0.1) is 5.02 Å². The van der Waals surface area contributed by atoms with Gasteiger partial charge in [0.15, 0.2) is 0 Å². The molecule has 0 spiro atoms. The van der Waals surface area contributed by atoms with Crippen LogP contribution in [0.15, 0.2) is 36.7 Å². The highest BCUT2D eigenvalue weighted by atomic mass is 35.5. The van der Waals surface area contributed by atoms with E-state index in [9.17, 15) is 0 Å². The number of nitrogens with two attached hydrogens (primary N) is 1. The van der Waals surface area contributed by atoms with E-state index in [0.717, 1.165) is 21.7 Å². The van der Waals surface area contributed by atoms with Crippen molar-refractivity contribution in [2.45, 2.75) is 19.4 Å². The number of aryl methyl sites for hydroxylation is 1. The zero-order valence-corrected chi connectivity index (χ0v) is 11.5. The first-order valence-electron chi connectivity index (χ1n) is 5.68. The summed E-state index contributed by atoms with van der Waals surface area (Å²) in [6.07, 6.45) is 3.98. The zero-order chi connectivity index (χ0) is 13.1. The second-order valence-electron chi connectivity index (χ2n) is 4.26. The van der Waals surface area contributed by atoms with Crippen LogP contribution in [-0.2, 0) is 6.42 Å². The number of hydrogen-bond acceptors (Lipinski definition) is 2. The molecule has 0 saturated carbocycles. The van der Waals surface area contributed by atoms with Gasteiger partial charge in [-0.3, -0.25) is 4.98 Å². The average Bonchev–Trinajstić information content (AvgIpc) is 2.35. The van der Waals surface area contributed by atoms with Crippen LogP contribution in [0.5, 0.6) is 0 Å². The highest BCUT2D eigenvalue weighted by molar-refractivity contribution is 6.32. The van der Waals surface area contributed by atoms with E-state index in [4.69, 9.17) is 28.9 Å². The van der Waals surface area contributed by atoms with Crippen molar-refractivity contribution >= 4 is 23.2 Å². The second-order valence-corrected chi connectivity index (χ2v) is 5.04. The van der Waals surface area contributed by atoms with Crippen LogP contribution < -0.4 is 5.73 Å². The van der Waals surface area contributed by atoms with Crippen molar-refractivity contribution < 1.29 is 0 Å². The Labute approximate surface area is 117 Å². The normalized spacial score (nSPS) is 12.4. The molecule has 2 N–H and O–H groups in total. The molecule has 0 aliphatic rings. The third-order valence-electron chi connectivity index (χ3n) is 2.92. The molecular weight excluding hydrogens is 267 g/mol. The molecule has 2 aromatic rings. The molecule has 4 heteroatoms. The second kappa shape index (κ2) is 5.70. The van der Waals surface area contributed by atoms with Gasteiger partial charge in [-0.25, -0.2) is 0 Å². The smallest absolute Gasteiger partial charge is 0.0622 e. The molecule has 0 aliphatic carbocycles. The molecule has 2 nitrogen and oxygen atoms in total. The van der Waals surface area contributed by atoms with Crippen molar-refractivity contribution in [3.05, 3.63) is 63.4 Å². The van der Waals surface area contributed by atoms with E-state index in [1.807, 2.05) is 31.2 Å². The summed E-state index contributed by atoms with van der Waals surface area (Å²) in [5, 5.41) is 1.37. The number of nitrogens with zero attached hydrogens (tertiary/aromatic N) is 1. The fraction of sp³-hybridized carbons (Fsp3) is 0.214. The molecular formula is C14H14Cl2N2. The predicted octanol–water partition coefficient (Wildman–Crippen LogP) is 3.94. The van der Waals surface area contributed by atoms with Crippen molar-refractivity contribution in [2.75, 3.05) is 0 Å². The molecule has 1 atom stereocenters. The zero-order valence-electron chi connectivity index (χ0n) is 10.0. The van der Waals surface area contributed by atoms with E-state index in [2.05, 4.69) is 4.98 Å². The van der Waals surface area contributed by atoms with Crippen LogP contribution in [0.4, 0.5) is 0 Å². The summed E-state index contributed by atoms with van der Waals surface area (Å²) in [7, 11) is 0. The van der Waals surface area contributed by atoms with E-state index in [1.165, 1.54) is 0 Å². The molecule has 1 aromatic carbocycles. The standard InChI is InChI=1S/C14H14Cl2N2/c1-9-3-2-4-11(14(9)16)13(17)7-10-5-6-18-8-12(10)15/h2-6,8,13H,7,17H2,1H3. The Morgan fingerprint density at radius 1 is 1.28 bits per heavy atom. The summed E-state index contributed by atoms with van der Waals surface area (Å²) < 4.78 is 0. The number of benzene rings is 1. The van der Waals surface area contributed by atoms with Crippen LogP contribution in [0.25, 0.3) is 0 Å². The van der Waals surface area contributed by atoms with Crippen molar-refractivity contribution in [3.63, 3.8) is 0 Å². The highest BCUT2D eigenvalue weighted by Crippen LogP contribution is 2.28. The molecule has 18 heavy (non-hydrogen) atoms. The quantitative estimate of drug-likeness (QED) is 0.925. The third-order valence-corrected chi connectivity index (χ3v) is 3.77. The minimum atomic E-state index is -0.169. The van der Waals surface area contributed by atoms with E-state index < -0.39 is 0 Å². The van der Waals surface area contributed by atoms with Crippen LogP contribution in [0.1, 0.15) is 22.7 Å². The summed E-state index contributed by atoms with van der Waals surface area (Å²) in [5.41, 5.74) is 9.17. The van der Waals surface area contributed by atoms with Crippen molar-refractivity contribution in [3.8, 4) is 0 Å². The first-order valence-corrected chi connectivity index (χ1v) is 6.44. The maximum absolute atomic E-state index is 6.27. The average molecular weight is 281 g/mol. The Bertz CT molecular complexity index is 555. The summed E-state index contributed by atoms with van der Waals surface area (Å²) >= 11 is 12.3. The van der Waals surface area contributed by atoms with Crippen molar-refractivity contribution in [1.82, 2.24) is 4.98 Å². The fourth-order valence-electron chi connectivity index (χ4n) is 1.87. The summed E-state index contributed by atoms with van der Waals surface area (Å²) in [5.74, 6) is 0. The Kier molecular flexibility index (Phi) is 4.23. The van der Waals surface area contributed by atoms with Gasteiger partial charge in [0.1, 0.15) is 0 Å². The fourth-order valence-corrected chi connectivity index (χ4v) is 2.34. The lowest BCUT2D eigenvalue weighted by atomic mass is 9.99. The van der Waals surface area contributed by atoms with E-state index in [1.54, 1.807) is 12.4 Å². The molecule has 1 heterocycles. The van der Waals surface area contributed by atoms with Crippen LogP contribution in [0.3, 0.4) is 0 Å². The van der Waals surface area contributed by atoms with Crippen molar-refractivity contribution in [2.24, 2.45) is 5.73 Å². The van der Waals surface area contributed by atoms with Crippen LogP contribution in [0, 0.1) is 6.92 Å². The lowest BCUT2D eigenvalue weighted by Crippen LogP contribution is -2.14. The van der Waals surface area contributed by atoms with Crippen molar-refractivity contribution in [1.29, 1.82) is 0 Å². The topological polar surface area (TPSA) is 38.9 Å². The molecule has 0 aliphatic heterocycles. The van der Waals surface area contributed by atoms with Crippen LogP contribution in [0.2, 0.25) is 10.0 Å². The summed E-state index contributed by atoms with van der Waals surface area (Å²) in [4.78, 5) is 3.96. The number of rotatable bonds is 3. The van der Waals surface area contributed by atoms with Gasteiger partial charge < -0.3 is 5.73 Å². The van der Waals surface area contributed by atoms with E-state index in [-0.39, 0.29) is 6.04 Å². The first-order chi connectivity index (χ1) is 8.59. The predicted molar refractivity (Wildman–Crippen MR) is 76.1 cm³/mol. The molecule has 94 valence electrons. The van der Waals surface area contributed by atoms with Gasteiger partial charge in [0.25, 0.3) is 0 Å². The number of halogens is 2. The molecule has 0 bridgehead atoms. The van der Waals surface area contributed by atoms with Crippen LogP contribution >= 0.6 is 23.2 Å². The van der Waals surface area contributed by atoms with Gasteiger partial charge in [-0.2, -0.15) is 0 Å². The monoisotopic (exact) mass is 280 g/mol. The lowest BCUT2D eigenvalue weighted by Gasteiger charge is -2.15. The Hall–Kier alpha value is -1.09. The molecule has 0 radical (unpaired) electrons. The van der Waals surface area contributed by atoms with Crippen LogP contribution in [-0.4, -0.2) is 4.98 Å². The highest BCUT2D eigenvalue weighted by Gasteiger charge is 2.13. The van der Waals surface area contributed by atoms with Gasteiger partial charge in [0, 0.05) is 23.5 Å². The Balaban J connectivity index is 2.25. The first kappa shape index (κ1) is 13.3. The number of aromatic nitrogens is 1. The molecule has 0 amide bonds. The molecule has 0 saturated heterocycles. The third kappa shape index (κ3) is 2.83. The molecule has 2 rings (SSSR count). The minimum Gasteiger partial charge on any atom is -0.324 e. The van der Waals surface area contributed by atoms with Gasteiger partial charge in [-0.15, -0.1) is 0 Å².